The van der Waals surface area contributed by atoms with Crippen LogP contribution in [0.2, 0.25) is 0 Å². The van der Waals surface area contributed by atoms with Gasteiger partial charge in [-0.1, -0.05) is 17.7 Å². The van der Waals surface area contributed by atoms with E-state index in [0.717, 1.165) is 50.7 Å². The van der Waals surface area contributed by atoms with Crippen LogP contribution in [-0.4, -0.2) is 34.2 Å². The standard InChI is InChI=1S/C22H29NO4/c1-21-7-4-16-15-3-2-14(23-26)11-17(15)13(12-24)10-18(16)19(21)5-8-22(21)9-6-20(25)27-22/h6,9,11,13,15-16,18-19,24,26H,2-5,7-8,10,12H2,1H3/b23-14-/t13?,15-,16?,18?,19?,21+,22-/m1/s1. The lowest BCUT2D eigenvalue weighted by molar-refractivity contribution is -0.161. The van der Waals surface area contributed by atoms with Gasteiger partial charge in [-0.15, -0.1) is 0 Å². The highest BCUT2D eigenvalue weighted by Gasteiger charge is 2.65. The highest BCUT2D eigenvalue weighted by atomic mass is 16.6. The van der Waals surface area contributed by atoms with Gasteiger partial charge in [0.25, 0.3) is 0 Å². The second-order valence-corrected chi connectivity index (χ2v) is 9.57. The maximum Gasteiger partial charge on any atom is 0.331 e. The van der Waals surface area contributed by atoms with E-state index in [-0.39, 0.29) is 23.9 Å². The van der Waals surface area contributed by atoms with Crippen molar-refractivity contribution in [3.63, 3.8) is 0 Å². The normalized spacial score (nSPS) is 49.6. The summed E-state index contributed by atoms with van der Waals surface area (Å²) in [6.07, 6.45) is 12.8. The van der Waals surface area contributed by atoms with Crippen LogP contribution >= 0.6 is 0 Å². The van der Waals surface area contributed by atoms with Crippen molar-refractivity contribution < 1.29 is 19.8 Å². The summed E-state index contributed by atoms with van der Waals surface area (Å²) in [6.45, 7) is 2.49. The van der Waals surface area contributed by atoms with Gasteiger partial charge in [-0.25, -0.2) is 4.79 Å². The van der Waals surface area contributed by atoms with Crippen molar-refractivity contribution in [2.24, 2.45) is 40.2 Å². The minimum atomic E-state index is -0.409. The van der Waals surface area contributed by atoms with Gasteiger partial charge in [0.05, 0.1) is 5.71 Å². The average Bonchev–Trinajstić information content (AvgIpc) is 3.21. The lowest BCUT2D eigenvalue weighted by atomic mass is 9.49. The molecule has 0 bridgehead atoms. The fraction of sp³-hybridized carbons (Fsp3) is 0.727. The Morgan fingerprint density at radius 2 is 2.11 bits per heavy atom. The van der Waals surface area contributed by atoms with Crippen molar-refractivity contribution in [2.45, 2.75) is 57.5 Å². The first-order chi connectivity index (χ1) is 13.0. The van der Waals surface area contributed by atoms with Gasteiger partial charge in [0.2, 0.25) is 0 Å². The first kappa shape index (κ1) is 17.5. The van der Waals surface area contributed by atoms with E-state index in [1.165, 1.54) is 5.57 Å². The Morgan fingerprint density at radius 3 is 2.81 bits per heavy atom. The Balaban J connectivity index is 1.49. The van der Waals surface area contributed by atoms with E-state index in [0.29, 0.717) is 23.7 Å². The molecule has 2 N–H and O–H groups in total. The van der Waals surface area contributed by atoms with Gasteiger partial charge in [-0.05, 0) is 80.8 Å². The summed E-state index contributed by atoms with van der Waals surface area (Å²) in [5.41, 5.74) is 1.65. The third kappa shape index (κ3) is 2.27. The molecule has 5 aliphatic rings. The van der Waals surface area contributed by atoms with Gasteiger partial charge in [0, 0.05) is 24.0 Å². The summed E-state index contributed by atoms with van der Waals surface area (Å²) < 4.78 is 5.90. The zero-order chi connectivity index (χ0) is 18.8. The maximum atomic E-state index is 11.9. The van der Waals surface area contributed by atoms with E-state index >= 15 is 0 Å². The van der Waals surface area contributed by atoms with Crippen LogP contribution in [0.1, 0.15) is 51.9 Å². The molecule has 1 aliphatic heterocycles. The molecule has 146 valence electrons. The van der Waals surface area contributed by atoms with Gasteiger partial charge >= 0.3 is 5.97 Å². The molecular weight excluding hydrogens is 342 g/mol. The highest BCUT2D eigenvalue weighted by molar-refractivity contribution is 5.96. The van der Waals surface area contributed by atoms with Gasteiger partial charge in [-0.3, -0.25) is 0 Å². The van der Waals surface area contributed by atoms with Gasteiger partial charge in [-0.2, -0.15) is 0 Å². The van der Waals surface area contributed by atoms with Crippen molar-refractivity contribution in [3.8, 4) is 0 Å². The highest BCUT2D eigenvalue weighted by Crippen LogP contribution is 2.67. The number of nitrogens with zero attached hydrogens (tertiary/aromatic N) is 1. The number of aliphatic hydroxyl groups is 1. The largest absolute Gasteiger partial charge is 0.451 e. The smallest absolute Gasteiger partial charge is 0.331 e. The molecule has 4 unspecified atom stereocenters. The molecule has 5 rings (SSSR count). The monoisotopic (exact) mass is 371 g/mol. The number of esters is 1. The number of fused-ring (bicyclic) bond motifs is 6. The molecular formula is C22H29NO4. The van der Waals surface area contributed by atoms with Crippen LogP contribution in [0.3, 0.4) is 0 Å². The molecule has 0 aromatic carbocycles. The van der Waals surface area contributed by atoms with Crippen LogP contribution < -0.4 is 0 Å². The molecule has 4 aliphatic carbocycles. The van der Waals surface area contributed by atoms with Crippen molar-refractivity contribution in [1.82, 2.24) is 0 Å². The molecule has 0 amide bonds. The fourth-order valence-electron chi connectivity index (χ4n) is 7.53. The van der Waals surface area contributed by atoms with Gasteiger partial charge in [0.1, 0.15) is 5.60 Å². The molecule has 0 aromatic rings. The zero-order valence-electron chi connectivity index (χ0n) is 15.9. The first-order valence-corrected chi connectivity index (χ1v) is 10.5. The lowest BCUT2D eigenvalue weighted by Crippen LogP contribution is -2.53. The van der Waals surface area contributed by atoms with Crippen LogP contribution in [-0.2, 0) is 9.53 Å². The Labute approximate surface area is 160 Å². The molecule has 0 saturated heterocycles. The third-order valence-corrected chi connectivity index (χ3v) is 8.81. The maximum absolute atomic E-state index is 11.9. The van der Waals surface area contributed by atoms with Crippen molar-refractivity contribution in [3.05, 3.63) is 23.8 Å². The van der Waals surface area contributed by atoms with Crippen LogP contribution in [0.4, 0.5) is 0 Å². The van der Waals surface area contributed by atoms with Crippen molar-refractivity contribution in [1.29, 1.82) is 0 Å². The first-order valence-electron chi connectivity index (χ1n) is 10.5. The summed E-state index contributed by atoms with van der Waals surface area (Å²) >= 11 is 0. The fourth-order valence-corrected chi connectivity index (χ4v) is 7.53. The van der Waals surface area contributed by atoms with Crippen LogP contribution in [0.5, 0.6) is 0 Å². The van der Waals surface area contributed by atoms with Crippen molar-refractivity contribution >= 4 is 11.7 Å². The molecule has 5 heteroatoms. The number of allylic oxidation sites excluding steroid dienone is 1. The predicted molar refractivity (Wildman–Crippen MR) is 100 cm³/mol. The zero-order valence-corrected chi connectivity index (χ0v) is 15.9. The Morgan fingerprint density at radius 1 is 1.26 bits per heavy atom. The second kappa shape index (κ2) is 5.94. The quantitative estimate of drug-likeness (QED) is 0.420. The van der Waals surface area contributed by atoms with E-state index in [4.69, 9.17) is 4.74 Å². The van der Waals surface area contributed by atoms with Gasteiger partial charge in [0.15, 0.2) is 0 Å². The lowest BCUT2D eigenvalue weighted by Gasteiger charge is -2.56. The summed E-state index contributed by atoms with van der Waals surface area (Å²) in [4.78, 5) is 11.9. The number of hydrogen-bond acceptors (Lipinski definition) is 5. The molecule has 27 heavy (non-hydrogen) atoms. The molecule has 1 heterocycles. The Kier molecular flexibility index (Phi) is 3.84. The molecule has 3 fully saturated rings. The van der Waals surface area contributed by atoms with Crippen LogP contribution in [0.25, 0.3) is 0 Å². The summed E-state index contributed by atoms with van der Waals surface area (Å²) in [6, 6.07) is 0. The third-order valence-electron chi connectivity index (χ3n) is 8.81. The number of rotatable bonds is 1. The molecule has 5 nitrogen and oxygen atoms in total. The van der Waals surface area contributed by atoms with E-state index in [9.17, 15) is 15.1 Å². The van der Waals surface area contributed by atoms with E-state index in [1.807, 2.05) is 6.08 Å². The summed E-state index contributed by atoms with van der Waals surface area (Å²) in [5.74, 6) is 2.21. The molecule has 1 spiro atoms. The predicted octanol–water partition coefficient (Wildman–Crippen LogP) is 3.46. The van der Waals surface area contributed by atoms with Crippen LogP contribution in [0.15, 0.2) is 29.0 Å². The SMILES string of the molecule is C[C@]12CCC3C(CC(CO)C4=C/C(=N\O)CC[C@@H]43)C1CC[C@@]21C=CC(=O)O1. The number of carbonyl (C=O) groups is 1. The minimum absolute atomic E-state index is 0.00440. The van der Waals surface area contributed by atoms with Gasteiger partial charge < -0.3 is 15.1 Å². The van der Waals surface area contributed by atoms with E-state index in [2.05, 4.69) is 18.2 Å². The second-order valence-electron chi connectivity index (χ2n) is 9.57. The van der Waals surface area contributed by atoms with Crippen molar-refractivity contribution in [2.75, 3.05) is 6.61 Å². The topological polar surface area (TPSA) is 79.1 Å². The minimum Gasteiger partial charge on any atom is -0.451 e. The number of carbonyl (C=O) groups excluding carboxylic acids is 1. The number of oxime groups is 1. The van der Waals surface area contributed by atoms with E-state index in [1.54, 1.807) is 6.08 Å². The Hall–Kier alpha value is -1.62. The number of hydrogen-bond donors (Lipinski definition) is 2. The molecule has 0 radical (unpaired) electrons. The molecule has 7 atom stereocenters. The summed E-state index contributed by atoms with van der Waals surface area (Å²) in [7, 11) is 0. The molecule has 3 saturated carbocycles. The summed E-state index contributed by atoms with van der Waals surface area (Å²) in [5, 5.41) is 22.7. The molecule has 0 aromatic heterocycles. The Bertz CT molecular complexity index is 755. The number of ether oxygens (including phenoxy) is 1. The number of aliphatic hydroxyl groups excluding tert-OH is 1. The average molecular weight is 371 g/mol. The van der Waals surface area contributed by atoms with Crippen LogP contribution in [0, 0.1) is 35.0 Å². The van der Waals surface area contributed by atoms with E-state index < -0.39 is 5.60 Å².